The van der Waals surface area contributed by atoms with Gasteiger partial charge in [0, 0.05) is 0 Å². The fourth-order valence-corrected chi connectivity index (χ4v) is 5.31. The zero-order valence-electron chi connectivity index (χ0n) is 20.7. The number of para-hydroxylation sites is 2. The molecule has 0 aliphatic rings. The van der Waals surface area contributed by atoms with Crippen molar-refractivity contribution in [1.29, 1.82) is 0 Å². The Hall–Kier alpha value is -3.52. The van der Waals surface area contributed by atoms with Crippen LogP contribution < -0.4 is 19.1 Å². The molecule has 0 radical (unpaired) electrons. The molecule has 7 nitrogen and oxygen atoms in total. The van der Waals surface area contributed by atoms with Crippen molar-refractivity contribution in [2.45, 2.75) is 38.1 Å². The highest BCUT2D eigenvalue weighted by molar-refractivity contribution is 7.92. The normalized spacial score (nSPS) is 12.0. The number of ether oxygens (including phenoxy) is 2. The van der Waals surface area contributed by atoms with Crippen LogP contribution in [-0.2, 0) is 14.8 Å². The summed E-state index contributed by atoms with van der Waals surface area (Å²) in [4.78, 5) is 13.3. The van der Waals surface area contributed by atoms with Gasteiger partial charge in [0.2, 0.25) is 5.91 Å². The summed E-state index contributed by atoms with van der Waals surface area (Å²) in [5.74, 6) is 0.696. The minimum atomic E-state index is -4.05. The number of nitrogens with one attached hydrogen (secondary N) is 1. The lowest BCUT2D eigenvalue weighted by Crippen LogP contribution is -2.42. The summed E-state index contributed by atoms with van der Waals surface area (Å²) in [6.07, 6.45) is 0.636. The Kier molecular flexibility index (Phi) is 8.40. The van der Waals surface area contributed by atoms with Crippen LogP contribution in [0.2, 0.25) is 0 Å². The second-order valence-electron chi connectivity index (χ2n) is 8.25. The number of anilines is 1. The number of nitrogens with zero attached hydrogens (tertiary/aromatic N) is 1. The molecule has 0 saturated carbocycles. The topological polar surface area (TPSA) is 84.9 Å². The Balaban J connectivity index is 1.94. The van der Waals surface area contributed by atoms with Crippen molar-refractivity contribution in [3.63, 3.8) is 0 Å². The van der Waals surface area contributed by atoms with E-state index in [2.05, 4.69) is 5.32 Å². The fourth-order valence-electron chi connectivity index (χ4n) is 3.88. The van der Waals surface area contributed by atoms with Crippen molar-refractivity contribution < 1.29 is 22.7 Å². The SMILES string of the molecule is CC[C@@H](NC(=O)CN(c1ccccc1OC)S(=O)(=O)c1ccc(C)cc1)c1ccc(OC)c(C)c1. The molecule has 0 unspecified atom stereocenters. The smallest absolute Gasteiger partial charge is 0.264 e. The van der Waals surface area contributed by atoms with Crippen molar-refractivity contribution in [2.24, 2.45) is 0 Å². The molecule has 1 atom stereocenters. The zero-order chi connectivity index (χ0) is 25.6. The standard InChI is InChI=1S/C27H32N2O5S/c1-6-23(21-13-16-25(33-4)20(3)17-21)28-27(30)18-29(24-9-7-8-10-26(24)34-5)35(31,32)22-14-11-19(2)12-15-22/h7-17,23H,6,18H2,1-5H3,(H,28,30)/t23-/m1/s1. The van der Waals surface area contributed by atoms with Gasteiger partial charge < -0.3 is 14.8 Å². The lowest BCUT2D eigenvalue weighted by atomic mass is 10.0. The van der Waals surface area contributed by atoms with E-state index < -0.39 is 22.5 Å². The molecule has 8 heteroatoms. The lowest BCUT2D eigenvalue weighted by molar-refractivity contribution is -0.120. The summed E-state index contributed by atoms with van der Waals surface area (Å²) in [5.41, 5.74) is 3.10. The van der Waals surface area contributed by atoms with E-state index in [0.29, 0.717) is 17.9 Å². The molecular formula is C27H32N2O5S. The van der Waals surface area contributed by atoms with E-state index in [4.69, 9.17) is 9.47 Å². The summed E-state index contributed by atoms with van der Waals surface area (Å²) in [6, 6.07) is 18.7. The molecule has 3 aromatic rings. The van der Waals surface area contributed by atoms with Gasteiger partial charge in [-0.05, 0) is 61.7 Å². The predicted molar refractivity (Wildman–Crippen MR) is 138 cm³/mol. The first-order valence-electron chi connectivity index (χ1n) is 11.4. The molecule has 0 aromatic heterocycles. The van der Waals surface area contributed by atoms with E-state index in [9.17, 15) is 13.2 Å². The number of hydrogen-bond acceptors (Lipinski definition) is 5. The van der Waals surface area contributed by atoms with E-state index in [-0.39, 0.29) is 10.9 Å². The fraction of sp³-hybridized carbons (Fsp3) is 0.296. The highest BCUT2D eigenvalue weighted by Gasteiger charge is 2.30. The van der Waals surface area contributed by atoms with Crippen LogP contribution >= 0.6 is 0 Å². The molecule has 186 valence electrons. The molecule has 0 spiro atoms. The number of methoxy groups -OCH3 is 2. The van der Waals surface area contributed by atoms with E-state index in [0.717, 1.165) is 26.7 Å². The maximum Gasteiger partial charge on any atom is 0.264 e. The molecule has 0 fully saturated rings. The molecule has 1 N–H and O–H groups in total. The number of hydrogen-bond donors (Lipinski definition) is 1. The quantitative estimate of drug-likeness (QED) is 0.437. The Morgan fingerprint density at radius 3 is 2.20 bits per heavy atom. The van der Waals surface area contributed by atoms with Gasteiger partial charge in [0.1, 0.15) is 18.0 Å². The van der Waals surface area contributed by atoms with Gasteiger partial charge in [0.05, 0.1) is 30.8 Å². The summed E-state index contributed by atoms with van der Waals surface area (Å²) in [6.45, 7) is 5.38. The van der Waals surface area contributed by atoms with E-state index >= 15 is 0 Å². The van der Waals surface area contributed by atoms with Crippen LogP contribution in [0.25, 0.3) is 0 Å². The summed E-state index contributed by atoms with van der Waals surface area (Å²) in [5, 5.41) is 2.99. The van der Waals surface area contributed by atoms with Crippen LogP contribution in [0.3, 0.4) is 0 Å². The third-order valence-electron chi connectivity index (χ3n) is 5.81. The summed E-state index contributed by atoms with van der Waals surface area (Å²) < 4.78 is 39.2. The number of amides is 1. The molecule has 0 saturated heterocycles. The van der Waals surface area contributed by atoms with Gasteiger partial charge in [-0.15, -0.1) is 0 Å². The van der Waals surface area contributed by atoms with Crippen molar-refractivity contribution in [1.82, 2.24) is 5.32 Å². The summed E-state index contributed by atoms with van der Waals surface area (Å²) in [7, 11) is -0.965. The maximum atomic E-state index is 13.7. The average molecular weight is 497 g/mol. The van der Waals surface area contributed by atoms with Crippen LogP contribution in [-0.4, -0.2) is 35.1 Å². The third kappa shape index (κ3) is 5.95. The molecule has 1 amide bonds. The van der Waals surface area contributed by atoms with E-state index in [1.807, 2.05) is 39.0 Å². The molecule has 0 bridgehead atoms. The molecule has 35 heavy (non-hydrogen) atoms. The first-order valence-corrected chi connectivity index (χ1v) is 12.8. The van der Waals surface area contributed by atoms with Gasteiger partial charge in [-0.3, -0.25) is 9.10 Å². The zero-order valence-corrected chi connectivity index (χ0v) is 21.6. The Bertz CT molecular complexity index is 1270. The minimum Gasteiger partial charge on any atom is -0.496 e. The third-order valence-corrected chi connectivity index (χ3v) is 7.59. The predicted octanol–water partition coefficient (Wildman–Crippen LogP) is 4.78. The van der Waals surface area contributed by atoms with E-state index in [1.165, 1.54) is 7.11 Å². The first kappa shape index (κ1) is 26.1. The van der Waals surface area contributed by atoms with Crippen molar-refractivity contribution in [3.8, 4) is 11.5 Å². The Labute approximate surface area is 207 Å². The van der Waals surface area contributed by atoms with Crippen molar-refractivity contribution in [3.05, 3.63) is 83.4 Å². The molecule has 0 aliphatic heterocycles. The van der Waals surface area contributed by atoms with Crippen LogP contribution in [0.5, 0.6) is 11.5 Å². The van der Waals surface area contributed by atoms with Gasteiger partial charge in [0.15, 0.2) is 0 Å². The Morgan fingerprint density at radius 1 is 0.943 bits per heavy atom. The maximum absolute atomic E-state index is 13.7. The number of benzene rings is 3. The molecule has 3 rings (SSSR count). The number of sulfonamides is 1. The van der Waals surface area contributed by atoms with Crippen molar-refractivity contribution in [2.75, 3.05) is 25.1 Å². The van der Waals surface area contributed by atoms with Crippen LogP contribution in [0.4, 0.5) is 5.69 Å². The second kappa shape index (κ2) is 11.3. The van der Waals surface area contributed by atoms with Gasteiger partial charge in [-0.1, -0.05) is 48.9 Å². The van der Waals surface area contributed by atoms with Crippen LogP contribution in [0.1, 0.15) is 36.1 Å². The van der Waals surface area contributed by atoms with Crippen LogP contribution in [0, 0.1) is 13.8 Å². The largest absolute Gasteiger partial charge is 0.496 e. The van der Waals surface area contributed by atoms with Crippen LogP contribution in [0.15, 0.2) is 71.6 Å². The molecule has 3 aromatic carbocycles. The Morgan fingerprint density at radius 2 is 1.60 bits per heavy atom. The van der Waals surface area contributed by atoms with Crippen molar-refractivity contribution >= 4 is 21.6 Å². The van der Waals surface area contributed by atoms with Gasteiger partial charge in [0.25, 0.3) is 10.0 Å². The first-order chi connectivity index (χ1) is 16.7. The van der Waals surface area contributed by atoms with Gasteiger partial charge >= 0.3 is 0 Å². The number of rotatable bonds is 10. The summed E-state index contributed by atoms with van der Waals surface area (Å²) >= 11 is 0. The number of carbonyl (C=O) groups is 1. The number of carbonyl (C=O) groups excluding carboxylic acids is 1. The monoisotopic (exact) mass is 496 g/mol. The molecular weight excluding hydrogens is 464 g/mol. The average Bonchev–Trinajstić information content (AvgIpc) is 2.86. The van der Waals surface area contributed by atoms with Gasteiger partial charge in [-0.25, -0.2) is 8.42 Å². The lowest BCUT2D eigenvalue weighted by Gasteiger charge is -2.27. The van der Waals surface area contributed by atoms with Gasteiger partial charge in [-0.2, -0.15) is 0 Å². The minimum absolute atomic E-state index is 0.0969. The second-order valence-corrected chi connectivity index (χ2v) is 10.1. The molecule has 0 aliphatic carbocycles. The molecule has 0 heterocycles. The highest BCUT2D eigenvalue weighted by Crippen LogP contribution is 2.32. The highest BCUT2D eigenvalue weighted by atomic mass is 32.2. The van der Waals surface area contributed by atoms with E-state index in [1.54, 1.807) is 55.6 Å². The number of aryl methyl sites for hydroxylation is 2.